The minimum absolute atomic E-state index is 0.0460. The summed E-state index contributed by atoms with van der Waals surface area (Å²) in [4.78, 5) is 3.93. The van der Waals surface area contributed by atoms with Crippen molar-refractivity contribution in [3.63, 3.8) is 0 Å². The lowest BCUT2D eigenvalue weighted by atomic mass is 10.4. The molecule has 0 saturated carbocycles. The van der Waals surface area contributed by atoms with Crippen LogP contribution in [0.1, 0.15) is 12.6 Å². The van der Waals surface area contributed by atoms with Crippen LogP contribution in [0.5, 0.6) is 0 Å². The molecule has 3 nitrogen and oxygen atoms in total. The lowest BCUT2D eigenvalue weighted by Crippen LogP contribution is -2.07. The molecule has 0 unspecified atom stereocenters. The summed E-state index contributed by atoms with van der Waals surface area (Å²) < 4.78 is 22.3. The SMILES string of the molecule is CCS(=O)(=O)Cc1ccccn1. The number of sulfone groups is 1. The summed E-state index contributed by atoms with van der Waals surface area (Å²) in [6.07, 6.45) is 1.60. The van der Waals surface area contributed by atoms with Gasteiger partial charge >= 0.3 is 0 Å². The van der Waals surface area contributed by atoms with Gasteiger partial charge in [-0.2, -0.15) is 0 Å². The van der Waals surface area contributed by atoms with Gasteiger partial charge in [0.1, 0.15) is 0 Å². The topological polar surface area (TPSA) is 47.0 Å². The summed E-state index contributed by atoms with van der Waals surface area (Å²) in [5.41, 5.74) is 0.611. The maximum Gasteiger partial charge on any atom is 0.155 e. The van der Waals surface area contributed by atoms with Gasteiger partial charge < -0.3 is 0 Å². The molecule has 0 N–H and O–H groups in total. The van der Waals surface area contributed by atoms with Crippen LogP contribution >= 0.6 is 0 Å². The molecule has 1 aromatic heterocycles. The van der Waals surface area contributed by atoms with E-state index in [1.54, 1.807) is 31.3 Å². The van der Waals surface area contributed by atoms with E-state index in [1.807, 2.05) is 0 Å². The summed E-state index contributed by atoms with van der Waals surface area (Å²) in [6, 6.07) is 5.27. The smallest absolute Gasteiger partial charge is 0.155 e. The molecule has 12 heavy (non-hydrogen) atoms. The Balaban J connectivity index is 2.78. The number of pyridine rings is 1. The molecule has 0 aliphatic rings. The molecule has 0 aliphatic carbocycles. The molecule has 0 atom stereocenters. The van der Waals surface area contributed by atoms with Crippen LogP contribution in [0.15, 0.2) is 24.4 Å². The molecule has 0 fully saturated rings. The lowest BCUT2D eigenvalue weighted by molar-refractivity contribution is 0.596. The van der Waals surface area contributed by atoms with E-state index in [-0.39, 0.29) is 11.5 Å². The normalized spacial score (nSPS) is 11.4. The van der Waals surface area contributed by atoms with Crippen LogP contribution in [-0.2, 0) is 15.6 Å². The molecule has 66 valence electrons. The molecule has 0 aromatic carbocycles. The van der Waals surface area contributed by atoms with E-state index in [1.165, 1.54) is 0 Å². The first-order valence-electron chi connectivity index (χ1n) is 3.74. The van der Waals surface area contributed by atoms with E-state index in [4.69, 9.17) is 0 Å². The zero-order valence-electron chi connectivity index (χ0n) is 6.90. The lowest BCUT2D eigenvalue weighted by Gasteiger charge is -1.98. The molecule has 0 bridgehead atoms. The van der Waals surface area contributed by atoms with Gasteiger partial charge in [-0.05, 0) is 12.1 Å². The van der Waals surface area contributed by atoms with Crippen LogP contribution in [0.3, 0.4) is 0 Å². The second kappa shape index (κ2) is 3.67. The van der Waals surface area contributed by atoms with Crippen molar-refractivity contribution in [3.8, 4) is 0 Å². The van der Waals surface area contributed by atoms with Crippen LogP contribution in [0.4, 0.5) is 0 Å². The summed E-state index contributed by atoms with van der Waals surface area (Å²) in [5.74, 6) is 0.216. The number of hydrogen-bond acceptors (Lipinski definition) is 3. The largest absolute Gasteiger partial charge is 0.260 e. The van der Waals surface area contributed by atoms with Gasteiger partial charge in [-0.25, -0.2) is 8.42 Å². The fourth-order valence-electron chi connectivity index (χ4n) is 0.811. The first kappa shape index (κ1) is 9.19. The van der Waals surface area contributed by atoms with Crippen LogP contribution in [-0.4, -0.2) is 19.2 Å². The molecule has 0 saturated heterocycles. The summed E-state index contributed by atoms with van der Waals surface area (Å²) in [5, 5.41) is 0. The molecule has 0 aliphatic heterocycles. The first-order chi connectivity index (χ1) is 5.64. The van der Waals surface area contributed by atoms with Crippen molar-refractivity contribution >= 4 is 9.84 Å². The minimum atomic E-state index is -2.94. The van der Waals surface area contributed by atoms with E-state index in [0.717, 1.165) is 0 Å². The molecule has 1 heterocycles. The standard InChI is InChI=1S/C8H11NO2S/c1-2-12(10,11)7-8-5-3-4-6-9-8/h3-6H,2,7H2,1H3. The van der Waals surface area contributed by atoms with Gasteiger partial charge in [-0.3, -0.25) is 4.98 Å². The second-order valence-electron chi connectivity index (χ2n) is 2.50. The Morgan fingerprint density at radius 1 is 1.42 bits per heavy atom. The van der Waals surface area contributed by atoms with Gasteiger partial charge in [0.2, 0.25) is 0 Å². The number of hydrogen-bond donors (Lipinski definition) is 0. The Morgan fingerprint density at radius 2 is 2.17 bits per heavy atom. The van der Waals surface area contributed by atoms with Gasteiger partial charge in [-0.15, -0.1) is 0 Å². The fourth-order valence-corrected chi connectivity index (χ4v) is 1.64. The Labute approximate surface area is 72.4 Å². The minimum Gasteiger partial charge on any atom is -0.260 e. The van der Waals surface area contributed by atoms with Gasteiger partial charge in [-0.1, -0.05) is 13.0 Å². The summed E-state index contributed by atoms with van der Waals surface area (Å²) >= 11 is 0. The van der Waals surface area contributed by atoms with Crippen LogP contribution in [0.2, 0.25) is 0 Å². The Hall–Kier alpha value is -0.900. The highest BCUT2D eigenvalue weighted by molar-refractivity contribution is 7.90. The molecule has 1 aromatic rings. The predicted octanol–water partition coefficient (Wildman–Crippen LogP) is 1.02. The average Bonchev–Trinajstić information content (AvgIpc) is 2.06. The van der Waals surface area contributed by atoms with Crippen molar-refractivity contribution in [1.29, 1.82) is 0 Å². The van der Waals surface area contributed by atoms with Crippen molar-refractivity contribution in [3.05, 3.63) is 30.1 Å². The van der Waals surface area contributed by atoms with Crippen molar-refractivity contribution in [2.75, 3.05) is 5.75 Å². The third-order valence-corrected chi connectivity index (χ3v) is 3.15. The van der Waals surface area contributed by atoms with Gasteiger partial charge in [0, 0.05) is 11.9 Å². The Kier molecular flexibility index (Phi) is 2.81. The van der Waals surface area contributed by atoms with E-state index >= 15 is 0 Å². The van der Waals surface area contributed by atoms with E-state index < -0.39 is 9.84 Å². The van der Waals surface area contributed by atoms with Crippen LogP contribution < -0.4 is 0 Å². The molecule has 0 radical (unpaired) electrons. The highest BCUT2D eigenvalue weighted by atomic mass is 32.2. The van der Waals surface area contributed by atoms with E-state index in [0.29, 0.717) is 5.69 Å². The monoisotopic (exact) mass is 185 g/mol. The maximum atomic E-state index is 11.1. The maximum absolute atomic E-state index is 11.1. The van der Waals surface area contributed by atoms with Crippen LogP contribution in [0, 0.1) is 0 Å². The molecule has 4 heteroatoms. The van der Waals surface area contributed by atoms with Crippen molar-refractivity contribution in [2.45, 2.75) is 12.7 Å². The molecule has 1 rings (SSSR count). The Morgan fingerprint density at radius 3 is 2.67 bits per heavy atom. The average molecular weight is 185 g/mol. The number of rotatable bonds is 3. The Bertz CT molecular complexity index is 331. The van der Waals surface area contributed by atoms with Gasteiger partial charge in [0.25, 0.3) is 0 Å². The summed E-state index contributed by atoms with van der Waals surface area (Å²) in [7, 11) is -2.94. The summed E-state index contributed by atoms with van der Waals surface area (Å²) in [6.45, 7) is 1.64. The predicted molar refractivity (Wildman–Crippen MR) is 47.4 cm³/mol. The van der Waals surface area contributed by atoms with Crippen molar-refractivity contribution < 1.29 is 8.42 Å². The van der Waals surface area contributed by atoms with Gasteiger partial charge in [0.15, 0.2) is 9.84 Å². The quantitative estimate of drug-likeness (QED) is 0.706. The van der Waals surface area contributed by atoms with Crippen molar-refractivity contribution in [2.24, 2.45) is 0 Å². The highest BCUT2D eigenvalue weighted by Crippen LogP contribution is 2.01. The second-order valence-corrected chi connectivity index (χ2v) is 4.85. The van der Waals surface area contributed by atoms with Gasteiger partial charge in [0.05, 0.1) is 11.4 Å². The molecule has 0 amide bonds. The first-order valence-corrected chi connectivity index (χ1v) is 5.56. The number of aromatic nitrogens is 1. The molecular formula is C8H11NO2S. The van der Waals surface area contributed by atoms with Crippen LogP contribution in [0.25, 0.3) is 0 Å². The van der Waals surface area contributed by atoms with E-state index in [2.05, 4.69) is 4.98 Å². The molecule has 0 spiro atoms. The molecular weight excluding hydrogens is 174 g/mol. The van der Waals surface area contributed by atoms with E-state index in [9.17, 15) is 8.42 Å². The number of nitrogens with zero attached hydrogens (tertiary/aromatic N) is 1. The van der Waals surface area contributed by atoms with Crippen molar-refractivity contribution in [1.82, 2.24) is 4.98 Å². The highest BCUT2D eigenvalue weighted by Gasteiger charge is 2.08. The zero-order valence-corrected chi connectivity index (χ0v) is 7.71. The third-order valence-electron chi connectivity index (χ3n) is 1.53. The fraction of sp³-hybridized carbons (Fsp3) is 0.375. The zero-order chi connectivity index (χ0) is 9.03. The third kappa shape index (κ3) is 2.62.